The van der Waals surface area contributed by atoms with Crippen LogP contribution in [-0.4, -0.2) is 80.2 Å². The average molecular weight is 571 g/mol. The Bertz CT molecular complexity index is 1470. The summed E-state index contributed by atoms with van der Waals surface area (Å²) >= 11 is 13.0. The van der Waals surface area contributed by atoms with E-state index in [1.807, 2.05) is 6.07 Å². The van der Waals surface area contributed by atoms with Gasteiger partial charge in [0.05, 0.1) is 29.4 Å². The lowest BCUT2D eigenvalue weighted by Crippen LogP contribution is -2.51. The number of methoxy groups -OCH3 is 1. The van der Waals surface area contributed by atoms with Gasteiger partial charge in [-0.2, -0.15) is 4.98 Å². The first-order valence-corrected chi connectivity index (χ1v) is 13.2. The van der Waals surface area contributed by atoms with Crippen molar-refractivity contribution in [1.29, 1.82) is 0 Å². The van der Waals surface area contributed by atoms with Gasteiger partial charge in [0.15, 0.2) is 5.82 Å². The van der Waals surface area contributed by atoms with Gasteiger partial charge in [-0.25, -0.2) is 14.3 Å². The van der Waals surface area contributed by atoms with E-state index in [4.69, 9.17) is 27.9 Å². The third-order valence-corrected chi connectivity index (χ3v) is 7.55. The van der Waals surface area contributed by atoms with Crippen LogP contribution in [0.15, 0.2) is 41.5 Å². The van der Waals surface area contributed by atoms with Crippen LogP contribution in [0.25, 0.3) is 0 Å². The monoisotopic (exact) mass is 570 g/mol. The second kappa shape index (κ2) is 10.1. The normalized spacial score (nSPS) is 17.2. The van der Waals surface area contributed by atoms with E-state index in [1.54, 1.807) is 18.1 Å². The molecule has 1 N–H and O–H groups in total. The Kier molecular flexibility index (Phi) is 6.66. The van der Waals surface area contributed by atoms with E-state index in [9.17, 15) is 9.18 Å². The predicted octanol–water partition coefficient (Wildman–Crippen LogP) is 4.26. The minimum Gasteiger partial charge on any atom is -0.494 e. The number of piperazine rings is 1. The van der Waals surface area contributed by atoms with Crippen LogP contribution in [0.4, 0.5) is 33.2 Å². The summed E-state index contributed by atoms with van der Waals surface area (Å²) in [4.78, 5) is 34.4. The summed E-state index contributed by atoms with van der Waals surface area (Å²) in [7, 11) is 3.71. The van der Waals surface area contributed by atoms with Crippen LogP contribution in [0.2, 0.25) is 10.0 Å². The van der Waals surface area contributed by atoms with Crippen molar-refractivity contribution < 1.29 is 13.9 Å². The van der Waals surface area contributed by atoms with Crippen LogP contribution in [0.1, 0.15) is 10.4 Å². The maximum Gasteiger partial charge on any atom is 0.270 e. The van der Waals surface area contributed by atoms with Gasteiger partial charge in [-0.1, -0.05) is 29.3 Å². The zero-order chi connectivity index (χ0) is 27.3. The Balaban J connectivity index is 1.32. The minimum absolute atomic E-state index is 0.0511. The summed E-state index contributed by atoms with van der Waals surface area (Å²) in [6.07, 6.45) is 1.42. The number of anilines is 5. The fourth-order valence-corrected chi connectivity index (χ4v) is 5.58. The second-order valence-corrected chi connectivity index (χ2v) is 10.2. The number of hydrogen-bond donors (Lipinski definition) is 1. The zero-order valence-corrected chi connectivity index (χ0v) is 22.8. The van der Waals surface area contributed by atoms with Crippen molar-refractivity contribution in [3.05, 3.63) is 58.0 Å². The van der Waals surface area contributed by atoms with Gasteiger partial charge in [0.1, 0.15) is 22.8 Å². The number of carbonyl (C=O) groups is 1. The van der Waals surface area contributed by atoms with Crippen molar-refractivity contribution in [3.8, 4) is 5.75 Å². The first-order valence-electron chi connectivity index (χ1n) is 12.4. The molecule has 0 bridgehead atoms. The Hall–Kier alpha value is -3.67. The van der Waals surface area contributed by atoms with Gasteiger partial charge in [0, 0.05) is 50.7 Å². The SMILES string of the molecule is COc1cc(Nc2ncc3c(n2)N2CCN=C2N(c2c(F)cccc2Cl)C3=O)cc(Cl)c1N1CCN(C)CC1. The molecule has 3 aliphatic rings. The maximum absolute atomic E-state index is 14.8. The number of hydrogen-bond acceptors (Lipinski definition) is 9. The van der Waals surface area contributed by atoms with E-state index >= 15 is 0 Å². The fraction of sp³-hybridized carbons (Fsp3) is 0.308. The van der Waals surface area contributed by atoms with Crippen LogP contribution in [0, 0.1) is 5.82 Å². The summed E-state index contributed by atoms with van der Waals surface area (Å²) in [5.74, 6) is 0.403. The molecule has 6 rings (SSSR count). The molecule has 10 nitrogen and oxygen atoms in total. The van der Waals surface area contributed by atoms with E-state index in [0.717, 1.165) is 31.9 Å². The van der Waals surface area contributed by atoms with Gasteiger partial charge < -0.3 is 19.9 Å². The molecule has 1 amide bonds. The van der Waals surface area contributed by atoms with Crippen molar-refractivity contribution in [3.63, 3.8) is 0 Å². The molecule has 1 saturated heterocycles. The Morgan fingerprint density at radius 1 is 1.05 bits per heavy atom. The lowest BCUT2D eigenvalue weighted by molar-refractivity contribution is 0.0999. The van der Waals surface area contributed by atoms with Gasteiger partial charge in [-0.3, -0.25) is 14.7 Å². The van der Waals surface area contributed by atoms with E-state index in [-0.39, 0.29) is 28.2 Å². The van der Waals surface area contributed by atoms with E-state index in [2.05, 4.69) is 37.1 Å². The minimum atomic E-state index is -0.626. The number of benzene rings is 2. The number of carbonyl (C=O) groups excluding carboxylic acids is 1. The summed E-state index contributed by atoms with van der Waals surface area (Å²) in [5, 5.41) is 3.82. The van der Waals surface area contributed by atoms with Crippen molar-refractivity contribution in [2.24, 2.45) is 4.99 Å². The van der Waals surface area contributed by atoms with E-state index in [1.165, 1.54) is 29.3 Å². The number of ether oxygens (including phenoxy) is 1. The molecular formula is C26H25Cl2FN8O2. The molecule has 0 radical (unpaired) electrons. The summed E-state index contributed by atoms with van der Waals surface area (Å²) < 4.78 is 20.5. The molecule has 0 spiro atoms. The Morgan fingerprint density at radius 3 is 2.59 bits per heavy atom. The second-order valence-electron chi connectivity index (χ2n) is 9.40. The summed E-state index contributed by atoms with van der Waals surface area (Å²) in [5.41, 5.74) is 1.64. The summed E-state index contributed by atoms with van der Waals surface area (Å²) in [6.45, 7) is 4.44. The molecule has 39 heavy (non-hydrogen) atoms. The third kappa shape index (κ3) is 4.50. The van der Waals surface area contributed by atoms with Gasteiger partial charge in [-0.15, -0.1) is 0 Å². The standard InChI is InChI=1S/C26H25Cl2FN8O2/c1-34-8-10-35(11-9-34)22-18(28)12-15(13-20(22)39-2)32-25-31-14-16-23(33-25)36-7-6-30-26(36)37(24(16)38)21-17(27)4-3-5-19(21)29/h3-5,12-14H,6-11H2,1-2H3,(H,31,32,33). The smallest absolute Gasteiger partial charge is 0.270 e. The molecule has 13 heteroatoms. The number of aromatic nitrogens is 2. The van der Waals surface area contributed by atoms with E-state index in [0.29, 0.717) is 35.4 Å². The maximum atomic E-state index is 14.8. The van der Waals surface area contributed by atoms with Crippen molar-refractivity contribution >= 4 is 63.9 Å². The van der Waals surface area contributed by atoms with E-state index < -0.39 is 11.7 Å². The molecule has 2 aromatic carbocycles. The fourth-order valence-electron chi connectivity index (χ4n) is 5.00. The van der Waals surface area contributed by atoms with Crippen LogP contribution < -0.4 is 24.8 Å². The van der Waals surface area contributed by atoms with Crippen LogP contribution in [0.5, 0.6) is 5.75 Å². The van der Waals surface area contributed by atoms with Crippen molar-refractivity contribution in [2.45, 2.75) is 0 Å². The molecule has 0 atom stereocenters. The number of aliphatic imine (C=N–C) groups is 1. The van der Waals surface area contributed by atoms with Gasteiger partial charge in [0.25, 0.3) is 5.91 Å². The highest BCUT2D eigenvalue weighted by molar-refractivity contribution is 6.38. The number of fused-ring (bicyclic) bond motifs is 3. The molecule has 202 valence electrons. The first-order chi connectivity index (χ1) is 18.9. The number of para-hydroxylation sites is 1. The first kappa shape index (κ1) is 25.6. The number of nitrogens with zero attached hydrogens (tertiary/aromatic N) is 7. The van der Waals surface area contributed by atoms with Gasteiger partial charge in [0.2, 0.25) is 11.9 Å². The molecule has 0 saturated carbocycles. The number of rotatable bonds is 5. The number of guanidine groups is 1. The molecule has 0 unspecified atom stereocenters. The molecule has 0 aliphatic carbocycles. The summed E-state index contributed by atoms with van der Waals surface area (Å²) in [6, 6.07) is 7.91. The Labute approximate surface area is 234 Å². The van der Waals surface area contributed by atoms with Crippen LogP contribution in [0.3, 0.4) is 0 Å². The van der Waals surface area contributed by atoms with Gasteiger partial charge in [-0.05, 0) is 25.2 Å². The largest absolute Gasteiger partial charge is 0.494 e. The van der Waals surface area contributed by atoms with Crippen molar-refractivity contribution in [1.82, 2.24) is 14.9 Å². The highest BCUT2D eigenvalue weighted by Gasteiger charge is 2.41. The predicted molar refractivity (Wildman–Crippen MR) is 151 cm³/mol. The molecular weight excluding hydrogens is 546 g/mol. The van der Waals surface area contributed by atoms with Gasteiger partial charge >= 0.3 is 0 Å². The number of likely N-dealkylation sites (N-methyl/N-ethyl adjacent to an activating group) is 1. The quantitative estimate of drug-likeness (QED) is 0.486. The van der Waals surface area contributed by atoms with Crippen LogP contribution >= 0.6 is 23.2 Å². The van der Waals surface area contributed by atoms with Crippen LogP contribution in [-0.2, 0) is 0 Å². The highest BCUT2D eigenvalue weighted by Crippen LogP contribution is 2.41. The highest BCUT2D eigenvalue weighted by atomic mass is 35.5. The molecule has 1 aromatic heterocycles. The molecule has 3 aromatic rings. The number of nitrogens with one attached hydrogen (secondary N) is 1. The molecule has 3 aliphatic heterocycles. The topological polar surface area (TPSA) is 89.4 Å². The third-order valence-electron chi connectivity index (χ3n) is 6.96. The lowest BCUT2D eigenvalue weighted by Gasteiger charge is -2.35. The lowest BCUT2D eigenvalue weighted by atomic mass is 10.1. The average Bonchev–Trinajstić information content (AvgIpc) is 3.40. The molecule has 1 fully saturated rings. The van der Waals surface area contributed by atoms with Crippen molar-refractivity contribution in [2.75, 3.05) is 73.4 Å². The zero-order valence-electron chi connectivity index (χ0n) is 21.3. The molecule has 4 heterocycles. The number of halogens is 3. The Morgan fingerprint density at radius 2 is 1.85 bits per heavy atom. The number of amides is 1.